The molecule has 0 fully saturated rings. The summed E-state index contributed by atoms with van der Waals surface area (Å²) in [7, 11) is 0. The molecule has 0 atom stereocenters. The highest BCUT2D eigenvalue weighted by atomic mass is 79.9. The largest absolute Gasteiger partial charge is 0.466 e. The first-order chi connectivity index (χ1) is 7.50. The first kappa shape index (κ1) is 12.6. The standard InChI is InChI=1S/C10H10BrNO4/c1-7(13)16-5-4-8-2-3-9(11)6-10(8)12(14)15/h2-3,6H,4-5H2,1H3. The molecule has 0 saturated carbocycles. The molecule has 0 bridgehead atoms. The maximum absolute atomic E-state index is 10.7. The lowest BCUT2D eigenvalue weighted by atomic mass is 10.1. The zero-order valence-corrected chi connectivity index (χ0v) is 10.2. The van der Waals surface area contributed by atoms with Gasteiger partial charge in [0.15, 0.2) is 0 Å². The zero-order valence-electron chi connectivity index (χ0n) is 8.60. The van der Waals surface area contributed by atoms with Gasteiger partial charge < -0.3 is 4.74 Å². The van der Waals surface area contributed by atoms with Gasteiger partial charge in [-0.25, -0.2) is 0 Å². The van der Waals surface area contributed by atoms with E-state index in [1.165, 1.54) is 13.0 Å². The lowest BCUT2D eigenvalue weighted by Crippen LogP contribution is -2.05. The van der Waals surface area contributed by atoms with Crippen molar-refractivity contribution in [1.82, 2.24) is 0 Å². The van der Waals surface area contributed by atoms with Crippen LogP contribution in [0.5, 0.6) is 0 Å². The minimum Gasteiger partial charge on any atom is -0.466 e. The van der Waals surface area contributed by atoms with Gasteiger partial charge >= 0.3 is 5.97 Å². The Balaban J connectivity index is 2.78. The minimum atomic E-state index is -0.451. The molecule has 1 rings (SSSR count). The fraction of sp³-hybridized carbons (Fsp3) is 0.300. The Morgan fingerprint density at radius 1 is 1.56 bits per heavy atom. The van der Waals surface area contributed by atoms with E-state index in [9.17, 15) is 14.9 Å². The number of hydrogen-bond acceptors (Lipinski definition) is 4. The summed E-state index contributed by atoms with van der Waals surface area (Å²) in [5.41, 5.74) is 0.580. The molecule has 0 amide bonds. The maximum atomic E-state index is 10.7. The number of esters is 1. The lowest BCUT2D eigenvalue weighted by molar-refractivity contribution is -0.385. The number of nitrogens with zero attached hydrogens (tertiary/aromatic N) is 1. The van der Waals surface area contributed by atoms with Crippen molar-refractivity contribution in [2.24, 2.45) is 0 Å². The summed E-state index contributed by atoms with van der Waals surface area (Å²) in [6.45, 7) is 1.45. The highest BCUT2D eigenvalue weighted by molar-refractivity contribution is 9.10. The predicted octanol–water partition coefficient (Wildman–Crippen LogP) is 2.46. The van der Waals surface area contributed by atoms with Gasteiger partial charge in [-0.1, -0.05) is 22.0 Å². The molecular formula is C10H10BrNO4. The summed E-state index contributed by atoms with van der Waals surface area (Å²) in [4.78, 5) is 20.8. The lowest BCUT2D eigenvalue weighted by Gasteiger charge is -2.03. The maximum Gasteiger partial charge on any atom is 0.302 e. The van der Waals surface area contributed by atoms with E-state index >= 15 is 0 Å². The molecular weight excluding hydrogens is 278 g/mol. The van der Waals surface area contributed by atoms with Gasteiger partial charge in [0, 0.05) is 29.4 Å². The van der Waals surface area contributed by atoms with E-state index in [0.717, 1.165) is 0 Å². The van der Waals surface area contributed by atoms with Crippen molar-refractivity contribution >= 4 is 27.6 Å². The molecule has 0 radical (unpaired) electrons. The monoisotopic (exact) mass is 287 g/mol. The summed E-state index contributed by atoms with van der Waals surface area (Å²) < 4.78 is 5.39. The highest BCUT2D eigenvalue weighted by Crippen LogP contribution is 2.23. The number of carbonyl (C=O) groups excluding carboxylic acids is 1. The molecule has 0 aliphatic rings. The van der Waals surface area contributed by atoms with Gasteiger partial charge in [-0.2, -0.15) is 0 Å². The van der Waals surface area contributed by atoms with Crippen LogP contribution in [0.2, 0.25) is 0 Å². The summed E-state index contributed by atoms with van der Waals surface area (Å²) >= 11 is 3.17. The average Bonchev–Trinajstić information content (AvgIpc) is 2.19. The predicted molar refractivity (Wildman–Crippen MR) is 61.1 cm³/mol. The van der Waals surface area contributed by atoms with E-state index in [1.807, 2.05) is 0 Å². The van der Waals surface area contributed by atoms with Crippen LogP contribution < -0.4 is 0 Å². The molecule has 16 heavy (non-hydrogen) atoms. The fourth-order valence-corrected chi connectivity index (χ4v) is 1.57. The fourth-order valence-electron chi connectivity index (χ4n) is 1.22. The normalized spacial score (nSPS) is 9.88. The molecule has 0 heterocycles. The van der Waals surface area contributed by atoms with Crippen LogP contribution >= 0.6 is 15.9 Å². The van der Waals surface area contributed by atoms with E-state index < -0.39 is 4.92 Å². The molecule has 0 saturated heterocycles. The third-order valence-electron chi connectivity index (χ3n) is 1.92. The number of nitro benzene ring substituents is 1. The van der Waals surface area contributed by atoms with Crippen LogP contribution in [0.25, 0.3) is 0 Å². The van der Waals surface area contributed by atoms with Gasteiger partial charge in [-0.05, 0) is 6.07 Å². The summed E-state index contributed by atoms with van der Waals surface area (Å²) in [5, 5.41) is 10.7. The Labute approximate surface area is 101 Å². The molecule has 0 N–H and O–H groups in total. The second kappa shape index (κ2) is 5.60. The van der Waals surface area contributed by atoms with Gasteiger partial charge in [0.2, 0.25) is 0 Å². The number of halogens is 1. The Hall–Kier alpha value is -1.43. The van der Waals surface area contributed by atoms with E-state index in [1.54, 1.807) is 12.1 Å². The van der Waals surface area contributed by atoms with Gasteiger partial charge in [0.05, 0.1) is 11.5 Å². The van der Waals surface area contributed by atoms with Gasteiger partial charge in [0.1, 0.15) is 0 Å². The number of hydrogen-bond donors (Lipinski definition) is 0. The van der Waals surface area contributed by atoms with Crippen molar-refractivity contribution < 1.29 is 14.5 Å². The van der Waals surface area contributed by atoms with Crippen LogP contribution in [0.3, 0.4) is 0 Å². The molecule has 86 valence electrons. The van der Waals surface area contributed by atoms with Crippen molar-refractivity contribution in [2.75, 3.05) is 6.61 Å². The second-order valence-corrected chi connectivity index (χ2v) is 4.04. The van der Waals surface area contributed by atoms with E-state index in [2.05, 4.69) is 15.9 Å². The van der Waals surface area contributed by atoms with E-state index in [4.69, 9.17) is 4.74 Å². The van der Waals surface area contributed by atoms with Crippen LogP contribution in [-0.2, 0) is 16.0 Å². The summed E-state index contributed by atoms with van der Waals surface area (Å²) in [6, 6.07) is 4.80. The third kappa shape index (κ3) is 3.62. The second-order valence-electron chi connectivity index (χ2n) is 3.12. The average molecular weight is 288 g/mol. The minimum absolute atomic E-state index is 0.0292. The van der Waals surface area contributed by atoms with Crippen molar-refractivity contribution in [3.63, 3.8) is 0 Å². The van der Waals surface area contributed by atoms with Crippen LogP contribution in [-0.4, -0.2) is 17.5 Å². The number of benzene rings is 1. The van der Waals surface area contributed by atoms with Crippen molar-refractivity contribution in [3.8, 4) is 0 Å². The Morgan fingerprint density at radius 2 is 2.25 bits per heavy atom. The highest BCUT2D eigenvalue weighted by Gasteiger charge is 2.13. The molecule has 1 aromatic rings. The van der Waals surface area contributed by atoms with Gasteiger partial charge in [0.25, 0.3) is 5.69 Å². The van der Waals surface area contributed by atoms with Gasteiger partial charge in [-0.15, -0.1) is 0 Å². The van der Waals surface area contributed by atoms with Crippen LogP contribution in [0.4, 0.5) is 5.69 Å². The molecule has 0 spiro atoms. The number of rotatable bonds is 4. The number of carbonyl (C=O) groups is 1. The van der Waals surface area contributed by atoms with Crippen molar-refractivity contribution in [2.45, 2.75) is 13.3 Å². The van der Waals surface area contributed by atoms with Crippen LogP contribution in [0, 0.1) is 10.1 Å². The smallest absolute Gasteiger partial charge is 0.302 e. The SMILES string of the molecule is CC(=O)OCCc1ccc(Br)cc1[N+](=O)[O-]. The quantitative estimate of drug-likeness (QED) is 0.485. The van der Waals surface area contributed by atoms with E-state index in [-0.39, 0.29) is 18.3 Å². The molecule has 0 aliphatic carbocycles. The van der Waals surface area contributed by atoms with Crippen LogP contribution in [0.1, 0.15) is 12.5 Å². The van der Waals surface area contributed by atoms with Crippen LogP contribution in [0.15, 0.2) is 22.7 Å². The number of ether oxygens (including phenoxy) is 1. The first-order valence-electron chi connectivity index (χ1n) is 4.57. The first-order valence-corrected chi connectivity index (χ1v) is 5.36. The molecule has 0 aromatic heterocycles. The Morgan fingerprint density at radius 3 is 2.81 bits per heavy atom. The zero-order chi connectivity index (χ0) is 12.1. The van der Waals surface area contributed by atoms with E-state index in [0.29, 0.717) is 16.5 Å². The third-order valence-corrected chi connectivity index (χ3v) is 2.41. The Kier molecular flexibility index (Phi) is 4.42. The topological polar surface area (TPSA) is 69.4 Å². The molecule has 6 heteroatoms. The van der Waals surface area contributed by atoms with Gasteiger partial charge in [-0.3, -0.25) is 14.9 Å². The summed E-state index contributed by atoms with van der Waals surface area (Å²) in [5.74, 6) is -0.389. The molecule has 0 aliphatic heterocycles. The Bertz CT molecular complexity index is 419. The van der Waals surface area contributed by atoms with Crippen molar-refractivity contribution in [3.05, 3.63) is 38.3 Å². The molecule has 1 aromatic carbocycles. The molecule has 5 nitrogen and oxygen atoms in total. The summed E-state index contributed by atoms with van der Waals surface area (Å²) in [6.07, 6.45) is 0.336. The van der Waals surface area contributed by atoms with Crippen molar-refractivity contribution in [1.29, 1.82) is 0 Å². The molecule has 0 unspecified atom stereocenters. The number of nitro groups is 1.